The summed E-state index contributed by atoms with van der Waals surface area (Å²) in [5.41, 5.74) is 4.25. The van der Waals surface area contributed by atoms with Crippen LogP contribution in [-0.4, -0.2) is 45.5 Å². The Labute approximate surface area is 176 Å². The van der Waals surface area contributed by atoms with Crippen LogP contribution in [0, 0.1) is 0 Å². The van der Waals surface area contributed by atoms with E-state index in [1.165, 1.54) is 12.3 Å². The first kappa shape index (κ1) is 20.3. The molecule has 29 heavy (non-hydrogen) atoms. The van der Waals surface area contributed by atoms with Gasteiger partial charge in [0.1, 0.15) is 11.5 Å². The Hall–Kier alpha value is -3.40. The van der Waals surface area contributed by atoms with Crippen LogP contribution in [0.2, 0.25) is 0 Å². The predicted octanol–water partition coefficient (Wildman–Crippen LogP) is 3.17. The van der Waals surface area contributed by atoms with E-state index < -0.39 is 0 Å². The summed E-state index contributed by atoms with van der Waals surface area (Å²) in [6.07, 6.45) is 1.40. The molecule has 0 amide bonds. The van der Waals surface area contributed by atoms with Crippen LogP contribution in [0.25, 0.3) is 0 Å². The van der Waals surface area contributed by atoms with Gasteiger partial charge < -0.3 is 20.4 Å². The van der Waals surface area contributed by atoms with Crippen molar-refractivity contribution in [3.63, 3.8) is 0 Å². The summed E-state index contributed by atoms with van der Waals surface area (Å²) in [4.78, 5) is 14.8. The zero-order chi connectivity index (χ0) is 20.8. The summed E-state index contributed by atoms with van der Waals surface area (Å²) in [5, 5.41) is 26.7. The number of phenols is 2. The Morgan fingerprint density at radius 1 is 1.03 bits per heavy atom. The second-order valence-corrected chi connectivity index (χ2v) is 7.10. The molecule has 0 spiro atoms. The molecule has 0 saturated carbocycles. The molecular formula is C19H20BrN7O2. The van der Waals surface area contributed by atoms with Gasteiger partial charge in [0.05, 0.1) is 10.7 Å². The molecule has 0 aliphatic heterocycles. The normalized spacial score (nSPS) is 10.9. The largest absolute Gasteiger partial charge is 0.507 e. The van der Waals surface area contributed by atoms with Crippen molar-refractivity contribution in [1.29, 1.82) is 0 Å². The third-order valence-electron chi connectivity index (χ3n) is 3.78. The number of halogens is 1. The van der Waals surface area contributed by atoms with Gasteiger partial charge >= 0.3 is 0 Å². The minimum atomic E-state index is -0.105. The lowest BCUT2D eigenvalue weighted by Gasteiger charge is -2.13. The summed E-state index contributed by atoms with van der Waals surface area (Å²) >= 11 is 3.20. The van der Waals surface area contributed by atoms with Crippen LogP contribution in [0.1, 0.15) is 11.1 Å². The molecule has 10 heteroatoms. The van der Waals surface area contributed by atoms with Gasteiger partial charge in [0.15, 0.2) is 0 Å². The lowest BCUT2D eigenvalue weighted by Crippen LogP contribution is -2.16. The quantitative estimate of drug-likeness (QED) is 0.315. The Bertz CT molecular complexity index is 1010. The van der Waals surface area contributed by atoms with Crippen LogP contribution in [0.15, 0.2) is 52.0 Å². The number of hydrogen-bond acceptors (Lipinski definition) is 9. The Morgan fingerprint density at radius 3 is 2.48 bits per heavy atom. The topological polar surface area (TPSA) is 119 Å². The zero-order valence-electron chi connectivity index (χ0n) is 15.8. The fourth-order valence-electron chi connectivity index (χ4n) is 2.30. The highest BCUT2D eigenvalue weighted by Gasteiger charge is 2.08. The molecule has 0 bridgehead atoms. The molecule has 0 radical (unpaired) electrons. The van der Waals surface area contributed by atoms with Crippen molar-refractivity contribution < 1.29 is 10.2 Å². The maximum atomic E-state index is 9.89. The maximum absolute atomic E-state index is 9.89. The van der Waals surface area contributed by atoms with E-state index in [0.717, 1.165) is 5.56 Å². The second-order valence-electron chi connectivity index (χ2n) is 6.25. The molecule has 0 unspecified atom stereocenters. The number of nitrogens with zero attached hydrogens (tertiary/aromatic N) is 5. The molecular weight excluding hydrogens is 438 g/mol. The monoisotopic (exact) mass is 457 g/mol. The van der Waals surface area contributed by atoms with E-state index in [4.69, 9.17) is 0 Å². The minimum absolute atomic E-state index is 0.0603. The third kappa shape index (κ3) is 5.55. The van der Waals surface area contributed by atoms with Crippen LogP contribution in [-0.2, 0) is 6.54 Å². The van der Waals surface area contributed by atoms with Crippen LogP contribution in [0.4, 0.5) is 17.8 Å². The number of hydrazone groups is 1. The lowest BCUT2D eigenvalue weighted by atomic mass is 10.2. The molecule has 1 aromatic heterocycles. The van der Waals surface area contributed by atoms with E-state index in [9.17, 15) is 10.2 Å². The van der Waals surface area contributed by atoms with E-state index >= 15 is 0 Å². The third-order valence-corrected chi connectivity index (χ3v) is 4.42. The number of rotatable bonds is 7. The Morgan fingerprint density at radius 2 is 1.76 bits per heavy atom. The van der Waals surface area contributed by atoms with E-state index in [-0.39, 0.29) is 17.4 Å². The highest BCUT2D eigenvalue weighted by molar-refractivity contribution is 9.10. The van der Waals surface area contributed by atoms with E-state index in [2.05, 4.69) is 46.7 Å². The molecule has 2 aromatic carbocycles. The fourth-order valence-corrected chi connectivity index (χ4v) is 2.66. The van der Waals surface area contributed by atoms with Crippen molar-refractivity contribution in [2.75, 3.05) is 29.7 Å². The van der Waals surface area contributed by atoms with E-state index in [1.807, 2.05) is 44.4 Å². The highest BCUT2D eigenvalue weighted by Crippen LogP contribution is 2.30. The van der Waals surface area contributed by atoms with Gasteiger partial charge in [-0.3, -0.25) is 0 Å². The van der Waals surface area contributed by atoms with Crippen LogP contribution in [0.3, 0.4) is 0 Å². The first-order chi connectivity index (χ1) is 13.9. The number of benzene rings is 2. The lowest BCUT2D eigenvalue weighted by molar-refractivity contribution is 0.448. The minimum Gasteiger partial charge on any atom is -0.507 e. The number of anilines is 3. The first-order valence-corrected chi connectivity index (χ1v) is 9.43. The molecule has 3 rings (SSSR count). The van der Waals surface area contributed by atoms with Gasteiger partial charge in [-0.05, 0) is 27.6 Å². The Balaban J connectivity index is 1.76. The predicted molar refractivity (Wildman–Crippen MR) is 117 cm³/mol. The summed E-state index contributed by atoms with van der Waals surface area (Å²) in [7, 11) is 3.66. The number of aromatic hydroxyl groups is 2. The first-order valence-electron chi connectivity index (χ1n) is 8.64. The van der Waals surface area contributed by atoms with E-state index in [1.54, 1.807) is 11.0 Å². The Kier molecular flexibility index (Phi) is 6.45. The molecule has 3 aromatic rings. The summed E-state index contributed by atoms with van der Waals surface area (Å²) in [6, 6.07) is 12.7. The number of hydrogen-bond donors (Lipinski definition) is 4. The standard InChI is InChI=1S/C19H20BrN7O2/c1-27(2)19-24-17(21-10-12-6-4-3-5-7-12)23-18(25-19)26-22-11-13-8-14(20)16(29)9-15(13)28/h3-9,11,28-29H,10H2,1-2H3,(H2,21,23,24,25,26). The average Bonchev–Trinajstić information content (AvgIpc) is 2.71. The summed E-state index contributed by atoms with van der Waals surface area (Å²) < 4.78 is 0.444. The number of aromatic nitrogens is 3. The SMILES string of the molecule is CN(C)c1nc(NCc2ccccc2)nc(NN=Cc2cc(Br)c(O)cc2O)n1. The van der Waals surface area contributed by atoms with Crippen molar-refractivity contribution >= 4 is 40.0 Å². The van der Waals surface area contributed by atoms with Gasteiger partial charge in [0.2, 0.25) is 17.8 Å². The van der Waals surface area contributed by atoms with Crippen molar-refractivity contribution in [2.24, 2.45) is 5.10 Å². The van der Waals surface area contributed by atoms with Gasteiger partial charge in [-0.2, -0.15) is 20.1 Å². The molecule has 0 aliphatic carbocycles. The summed E-state index contributed by atoms with van der Waals surface area (Å²) in [5.74, 6) is 0.942. The molecule has 9 nitrogen and oxygen atoms in total. The van der Waals surface area contributed by atoms with Gasteiger partial charge in [0, 0.05) is 32.3 Å². The van der Waals surface area contributed by atoms with Crippen LogP contribution in [0.5, 0.6) is 11.5 Å². The second kappa shape index (κ2) is 9.20. The maximum Gasteiger partial charge on any atom is 0.250 e. The molecule has 0 saturated heterocycles. The van der Waals surface area contributed by atoms with Gasteiger partial charge in [-0.15, -0.1) is 0 Å². The molecule has 0 atom stereocenters. The molecule has 150 valence electrons. The van der Waals surface area contributed by atoms with Crippen molar-refractivity contribution in [2.45, 2.75) is 6.54 Å². The fraction of sp³-hybridized carbons (Fsp3) is 0.158. The molecule has 1 heterocycles. The number of phenolic OH excluding ortho intramolecular Hbond substituents is 2. The van der Waals surface area contributed by atoms with Gasteiger partial charge in [0.25, 0.3) is 0 Å². The molecule has 0 fully saturated rings. The average molecular weight is 458 g/mol. The zero-order valence-corrected chi connectivity index (χ0v) is 17.4. The highest BCUT2D eigenvalue weighted by atomic mass is 79.9. The van der Waals surface area contributed by atoms with Crippen molar-refractivity contribution in [1.82, 2.24) is 15.0 Å². The van der Waals surface area contributed by atoms with E-state index in [0.29, 0.717) is 28.5 Å². The van der Waals surface area contributed by atoms with Crippen LogP contribution >= 0.6 is 15.9 Å². The molecule has 4 N–H and O–H groups in total. The van der Waals surface area contributed by atoms with Gasteiger partial charge in [-0.25, -0.2) is 5.43 Å². The number of nitrogens with one attached hydrogen (secondary N) is 2. The van der Waals surface area contributed by atoms with Crippen LogP contribution < -0.4 is 15.6 Å². The summed E-state index contributed by atoms with van der Waals surface area (Å²) in [6.45, 7) is 0.565. The van der Waals surface area contributed by atoms with Crippen molar-refractivity contribution in [3.8, 4) is 11.5 Å². The van der Waals surface area contributed by atoms with Gasteiger partial charge in [-0.1, -0.05) is 30.3 Å². The smallest absolute Gasteiger partial charge is 0.250 e. The molecule has 0 aliphatic rings. The van der Waals surface area contributed by atoms with Crippen molar-refractivity contribution in [3.05, 3.63) is 58.1 Å².